The van der Waals surface area contributed by atoms with E-state index in [9.17, 15) is 10.1 Å². The van der Waals surface area contributed by atoms with Gasteiger partial charge in [0.15, 0.2) is 0 Å². The van der Waals surface area contributed by atoms with Crippen molar-refractivity contribution >= 4 is 5.91 Å². The van der Waals surface area contributed by atoms with Gasteiger partial charge in [-0.25, -0.2) is 0 Å². The average Bonchev–Trinajstić information content (AvgIpc) is 2.20. The van der Waals surface area contributed by atoms with Crippen molar-refractivity contribution in [2.45, 2.75) is 44.6 Å². The molecule has 0 bridgehead atoms. The molecule has 0 spiro atoms. The fraction of sp³-hybridized carbons (Fsp3) is 0.818. The first kappa shape index (κ1) is 9.51. The average molecular weight is 192 g/mol. The molecule has 0 radical (unpaired) electrons. The highest BCUT2D eigenvalue weighted by Crippen LogP contribution is 2.40. The summed E-state index contributed by atoms with van der Waals surface area (Å²) in [5.74, 6) is 0.523. The van der Waals surface area contributed by atoms with Crippen LogP contribution in [0.3, 0.4) is 0 Å². The normalized spacial score (nSPS) is 37.6. The van der Waals surface area contributed by atoms with Gasteiger partial charge in [0.25, 0.3) is 0 Å². The molecule has 2 heterocycles. The second-order valence-electron chi connectivity index (χ2n) is 4.48. The zero-order valence-electron chi connectivity index (χ0n) is 8.62. The zero-order valence-corrected chi connectivity index (χ0v) is 8.62. The van der Waals surface area contributed by atoms with Gasteiger partial charge in [-0.3, -0.25) is 4.79 Å². The van der Waals surface area contributed by atoms with Crippen molar-refractivity contribution in [1.29, 1.82) is 5.26 Å². The summed E-state index contributed by atoms with van der Waals surface area (Å²) in [6.07, 6.45) is 4.52. The standard InChI is InChI=1S/C11H16N2O/c1-9-4-3-7-13-10(14)5-2-6-11(9,13)8-12/h9H,2-7H2,1H3. The lowest BCUT2D eigenvalue weighted by Crippen LogP contribution is -2.60. The molecule has 0 aliphatic carbocycles. The maximum atomic E-state index is 11.7. The van der Waals surface area contributed by atoms with Crippen LogP contribution in [0.2, 0.25) is 0 Å². The van der Waals surface area contributed by atoms with Gasteiger partial charge in [0.2, 0.25) is 5.91 Å². The van der Waals surface area contributed by atoms with Crippen molar-refractivity contribution in [3.8, 4) is 6.07 Å². The SMILES string of the molecule is CC1CCCN2C(=O)CCCC12C#N. The molecule has 2 aliphatic heterocycles. The van der Waals surface area contributed by atoms with Gasteiger partial charge in [0, 0.05) is 13.0 Å². The predicted molar refractivity (Wildman–Crippen MR) is 52.3 cm³/mol. The van der Waals surface area contributed by atoms with E-state index in [1.54, 1.807) is 0 Å². The van der Waals surface area contributed by atoms with Crippen LogP contribution >= 0.6 is 0 Å². The summed E-state index contributed by atoms with van der Waals surface area (Å²) >= 11 is 0. The highest BCUT2D eigenvalue weighted by molar-refractivity contribution is 5.78. The molecule has 0 aromatic heterocycles. The van der Waals surface area contributed by atoms with Gasteiger partial charge in [-0.2, -0.15) is 5.26 Å². The lowest BCUT2D eigenvalue weighted by atomic mass is 9.73. The van der Waals surface area contributed by atoms with Crippen LogP contribution in [0, 0.1) is 17.2 Å². The smallest absolute Gasteiger partial charge is 0.223 e. The number of amides is 1. The largest absolute Gasteiger partial charge is 0.324 e. The molecule has 0 aromatic rings. The quantitative estimate of drug-likeness (QED) is 0.586. The van der Waals surface area contributed by atoms with E-state index in [0.29, 0.717) is 12.3 Å². The molecule has 0 saturated carbocycles. The number of carbonyl (C=O) groups is 1. The molecule has 2 unspecified atom stereocenters. The number of hydrogen-bond acceptors (Lipinski definition) is 2. The van der Waals surface area contributed by atoms with E-state index in [0.717, 1.165) is 32.2 Å². The van der Waals surface area contributed by atoms with Gasteiger partial charge in [-0.05, 0) is 31.6 Å². The Morgan fingerprint density at radius 2 is 2.36 bits per heavy atom. The van der Waals surface area contributed by atoms with Crippen molar-refractivity contribution in [2.24, 2.45) is 5.92 Å². The first-order chi connectivity index (χ1) is 6.70. The minimum atomic E-state index is -0.465. The Morgan fingerprint density at radius 1 is 1.57 bits per heavy atom. The van der Waals surface area contributed by atoms with Crippen molar-refractivity contribution in [2.75, 3.05) is 6.54 Å². The molecule has 76 valence electrons. The third-order valence-electron chi connectivity index (χ3n) is 3.76. The molecule has 2 fully saturated rings. The van der Waals surface area contributed by atoms with Gasteiger partial charge in [-0.15, -0.1) is 0 Å². The third kappa shape index (κ3) is 1.13. The second-order valence-corrected chi connectivity index (χ2v) is 4.48. The number of piperidine rings is 2. The Labute approximate surface area is 84.7 Å². The van der Waals surface area contributed by atoms with Crippen LogP contribution in [-0.4, -0.2) is 22.9 Å². The Balaban J connectivity index is 2.34. The highest BCUT2D eigenvalue weighted by atomic mass is 16.2. The van der Waals surface area contributed by atoms with Crippen molar-refractivity contribution in [1.82, 2.24) is 4.90 Å². The first-order valence-corrected chi connectivity index (χ1v) is 5.42. The molecule has 2 rings (SSSR count). The van der Waals surface area contributed by atoms with E-state index in [-0.39, 0.29) is 5.91 Å². The summed E-state index contributed by atoms with van der Waals surface area (Å²) in [4.78, 5) is 13.6. The maximum Gasteiger partial charge on any atom is 0.223 e. The summed E-state index contributed by atoms with van der Waals surface area (Å²) in [5.41, 5.74) is -0.465. The molecule has 14 heavy (non-hydrogen) atoms. The van der Waals surface area contributed by atoms with Crippen LogP contribution in [0.5, 0.6) is 0 Å². The monoisotopic (exact) mass is 192 g/mol. The van der Waals surface area contributed by atoms with E-state index in [1.165, 1.54) is 0 Å². The van der Waals surface area contributed by atoms with Crippen LogP contribution in [-0.2, 0) is 4.79 Å². The lowest BCUT2D eigenvalue weighted by Gasteiger charge is -2.49. The fourth-order valence-electron chi connectivity index (χ4n) is 2.86. The minimum Gasteiger partial charge on any atom is -0.324 e. The summed E-state index contributed by atoms with van der Waals surface area (Å²) < 4.78 is 0. The van der Waals surface area contributed by atoms with E-state index in [4.69, 9.17) is 0 Å². The Bertz CT molecular complexity index is 294. The van der Waals surface area contributed by atoms with Gasteiger partial charge in [0.05, 0.1) is 6.07 Å². The number of nitriles is 1. The zero-order chi connectivity index (χ0) is 10.2. The number of carbonyl (C=O) groups excluding carboxylic acids is 1. The van der Waals surface area contributed by atoms with Crippen molar-refractivity contribution in [3.05, 3.63) is 0 Å². The number of hydrogen-bond donors (Lipinski definition) is 0. The van der Waals surface area contributed by atoms with Crippen molar-refractivity contribution < 1.29 is 4.79 Å². The molecule has 0 aromatic carbocycles. The summed E-state index contributed by atoms with van der Waals surface area (Å²) in [6, 6.07) is 2.40. The van der Waals surface area contributed by atoms with Crippen LogP contribution in [0.1, 0.15) is 39.0 Å². The summed E-state index contributed by atoms with van der Waals surface area (Å²) in [6.45, 7) is 2.89. The number of nitrogens with zero attached hydrogens (tertiary/aromatic N) is 2. The molecular weight excluding hydrogens is 176 g/mol. The summed E-state index contributed by atoms with van der Waals surface area (Å²) in [7, 11) is 0. The topological polar surface area (TPSA) is 44.1 Å². The highest BCUT2D eigenvalue weighted by Gasteiger charge is 2.48. The predicted octanol–water partition coefficient (Wildman–Crippen LogP) is 1.69. The van der Waals surface area contributed by atoms with Crippen molar-refractivity contribution in [3.63, 3.8) is 0 Å². The molecule has 3 heteroatoms. The van der Waals surface area contributed by atoms with Gasteiger partial charge in [-0.1, -0.05) is 6.92 Å². The van der Waals surface area contributed by atoms with E-state index in [2.05, 4.69) is 13.0 Å². The van der Waals surface area contributed by atoms with Crippen LogP contribution < -0.4 is 0 Å². The van der Waals surface area contributed by atoms with Gasteiger partial charge < -0.3 is 4.90 Å². The van der Waals surface area contributed by atoms with Gasteiger partial charge in [0.1, 0.15) is 5.54 Å². The molecular formula is C11H16N2O. The molecule has 0 N–H and O–H groups in total. The molecule has 2 saturated heterocycles. The van der Waals surface area contributed by atoms with E-state index in [1.807, 2.05) is 4.90 Å². The second kappa shape index (κ2) is 3.27. The Hall–Kier alpha value is -1.04. The van der Waals surface area contributed by atoms with Crippen LogP contribution in [0.4, 0.5) is 0 Å². The summed E-state index contributed by atoms with van der Waals surface area (Å²) in [5, 5.41) is 9.32. The van der Waals surface area contributed by atoms with Crippen LogP contribution in [0.15, 0.2) is 0 Å². The van der Waals surface area contributed by atoms with E-state index < -0.39 is 5.54 Å². The van der Waals surface area contributed by atoms with Crippen LogP contribution in [0.25, 0.3) is 0 Å². The molecule has 3 nitrogen and oxygen atoms in total. The maximum absolute atomic E-state index is 11.7. The Morgan fingerprint density at radius 3 is 3.00 bits per heavy atom. The fourth-order valence-corrected chi connectivity index (χ4v) is 2.86. The van der Waals surface area contributed by atoms with Gasteiger partial charge >= 0.3 is 0 Å². The minimum absolute atomic E-state index is 0.185. The lowest BCUT2D eigenvalue weighted by molar-refractivity contribution is -0.144. The first-order valence-electron chi connectivity index (χ1n) is 5.42. The molecule has 1 amide bonds. The molecule has 2 atom stereocenters. The van der Waals surface area contributed by atoms with E-state index >= 15 is 0 Å². The number of rotatable bonds is 0. The Kier molecular flexibility index (Phi) is 2.22. The molecule has 2 aliphatic rings. The third-order valence-corrected chi connectivity index (χ3v) is 3.76. The number of fused-ring (bicyclic) bond motifs is 1.